The van der Waals surface area contributed by atoms with Crippen LogP contribution in [0.5, 0.6) is 5.75 Å². The maximum Gasteiger partial charge on any atom is 0.256 e. The van der Waals surface area contributed by atoms with Crippen molar-refractivity contribution < 1.29 is 13.9 Å². The third-order valence-corrected chi connectivity index (χ3v) is 7.76. The Morgan fingerprint density at radius 3 is 2.50 bits per heavy atom. The van der Waals surface area contributed by atoms with Gasteiger partial charge >= 0.3 is 0 Å². The Hall–Kier alpha value is -3.10. The Balaban J connectivity index is 1.28. The summed E-state index contributed by atoms with van der Waals surface area (Å²) in [6, 6.07) is 13.4. The summed E-state index contributed by atoms with van der Waals surface area (Å²) in [4.78, 5) is 34.2. The van der Waals surface area contributed by atoms with Crippen LogP contribution in [0, 0.1) is 0 Å². The van der Waals surface area contributed by atoms with Gasteiger partial charge in [0.2, 0.25) is 11.2 Å². The molecule has 0 atom stereocenters. The lowest BCUT2D eigenvalue weighted by molar-refractivity contribution is 0.0615. The molecule has 0 bridgehead atoms. The zero-order valence-corrected chi connectivity index (χ0v) is 23.6. The summed E-state index contributed by atoms with van der Waals surface area (Å²) in [7, 11) is 0. The summed E-state index contributed by atoms with van der Waals surface area (Å²) in [5.41, 5.74) is 2.82. The van der Waals surface area contributed by atoms with Crippen molar-refractivity contribution in [3.05, 3.63) is 87.6 Å². The molecule has 7 nitrogen and oxygen atoms in total. The summed E-state index contributed by atoms with van der Waals surface area (Å²) in [6.07, 6.45) is 4.17. The molecule has 2 aromatic heterocycles. The molecule has 0 unspecified atom stereocenters. The molecule has 1 aromatic carbocycles. The molecule has 202 valence electrons. The van der Waals surface area contributed by atoms with Crippen LogP contribution >= 0.6 is 11.8 Å². The number of hydrogen-bond donors (Lipinski definition) is 0. The van der Waals surface area contributed by atoms with Gasteiger partial charge in [0.1, 0.15) is 23.7 Å². The number of piperazine rings is 1. The zero-order chi connectivity index (χ0) is 27.1. The fourth-order valence-corrected chi connectivity index (χ4v) is 5.10. The minimum Gasteiger partial charge on any atom is -0.482 e. The first-order valence-corrected chi connectivity index (χ1v) is 14.2. The fourth-order valence-electron chi connectivity index (χ4n) is 4.26. The Bertz CT molecular complexity index is 1280. The predicted octanol–water partition coefficient (Wildman–Crippen LogP) is 5.37. The molecule has 1 fully saturated rings. The van der Waals surface area contributed by atoms with Crippen LogP contribution in [0.25, 0.3) is 0 Å². The van der Waals surface area contributed by atoms with Crippen LogP contribution < -0.4 is 10.2 Å². The van der Waals surface area contributed by atoms with E-state index >= 15 is 0 Å². The summed E-state index contributed by atoms with van der Waals surface area (Å²) in [6.45, 7) is 12.1. The molecule has 0 N–H and O–H groups in total. The number of carbonyl (C=O) groups excluding carboxylic acids is 1. The predicted molar refractivity (Wildman–Crippen MR) is 151 cm³/mol. The van der Waals surface area contributed by atoms with Crippen molar-refractivity contribution >= 4 is 17.7 Å². The molecule has 0 aliphatic carbocycles. The summed E-state index contributed by atoms with van der Waals surface area (Å²) in [5.74, 6) is 1.75. The van der Waals surface area contributed by atoms with Crippen molar-refractivity contribution in [2.24, 2.45) is 0 Å². The third kappa shape index (κ3) is 7.26. The van der Waals surface area contributed by atoms with E-state index in [1.165, 1.54) is 17.9 Å². The third-order valence-electron chi connectivity index (χ3n) is 6.55. The van der Waals surface area contributed by atoms with Gasteiger partial charge in [0, 0.05) is 38.4 Å². The van der Waals surface area contributed by atoms with Crippen molar-refractivity contribution in [2.45, 2.75) is 57.7 Å². The van der Waals surface area contributed by atoms with Crippen molar-refractivity contribution in [3.8, 4) is 5.75 Å². The van der Waals surface area contributed by atoms with Gasteiger partial charge in [-0.05, 0) is 40.8 Å². The van der Waals surface area contributed by atoms with Crippen LogP contribution in [0.4, 0.5) is 0 Å². The minimum atomic E-state index is -0.194. The lowest BCUT2D eigenvalue weighted by atomic mass is 9.87. The second kappa shape index (κ2) is 12.6. The number of carbonyl (C=O) groups is 1. The molecule has 4 rings (SSSR count). The zero-order valence-electron chi connectivity index (χ0n) is 22.7. The van der Waals surface area contributed by atoms with E-state index in [9.17, 15) is 9.59 Å². The molecule has 0 spiro atoms. The van der Waals surface area contributed by atoms with Gasteiger partial charge in [0.15, 0.2) is 0 Å². The van der Waals surface area contributed by atoms with Crippen LogP contribution in [0.3, 0.4) is 0 Å². The molecule has 0 radical (unpaired) electrons. The first-order chi connectivity index (χ1) is 18.2. The highest BCUT2D eigenvalue weighted by Crippen LogP contribution is 2.24. The number of thioether (sulfide) groups is 1. The highest BCUT2D eigenvalue weighted by Gasteiger charge is 2.25. The van der Waals surface area contributed by atoms with Crippen LogP contribution in [-0.4, -0.2) is 52.6 Å². The monoisotopic (exact) mass is 535 g/mol. The summed E-state index contributed by atoms with van der Waals surface area (Å²) < 4.78 is 11.5. The number of rotatable bonds is 9. The Morgan fingerprint density at radius 1 is 1.11 bits per heavy atom. The van der Waals surface area contributed by atoms with E-state index in [2.05, 4.69) is 49.7 Å². The largest absolute Gasteiger partial charge is 0.482 e. The van der Waals surface area contributed by atoms with E-state index in [0.717, 1.165) is 22.8 Å². The van der Waals surface area contributed by atoms with Gasteiger partial charge < -0.3 is 14.1 Å². The first kappa shape index (κ1) is 27.9. The molecule has 1 aliphatic rings. The molecular weight excluding hydrogens is 498 g/mol. The van der Waals surface area contributed by atoms with Gasteiger partial charge in [-0.25, -0.2) is 4.98 Å². The van der Waals surface area contributed by atoms with Gasteiger partial charge in [0.05, 0.1) is 12.1 Å². The Kier molecular flexibility index (Phi) is 9.28. The number of pyridine rings is 1. The Morgan fingerprint density at radius 2 is 1.84 bits per heavy atom. The van der Waals surface area contributed by atoms with Gasteiger partial charge in [-0.15, -0.1) is 11.8 Å². The maximum atomic E-state index is 13.1. The van der Waals surface area contributed by atoms with Gasteiger partial charge in [0.25, 0.3) is 5.91 Å². The average Bonchev–Trinajstić information content (AvgIpc) is 2.91. The number of hydrogen-bond acceptors (Lipinski definition) is 7. The lowest BCUT2D eigenvalue weighted by Crippen LogP contribution is -2.48. The average molecular weight is 536 g/mol. The van der Waals surface area contributed by atoms with Gasteiger partial charge in [-0.2, -0.15) is 0 Å². The highest BCUT2D eigenvalue weighted by molar-refractivity contribution is 7.99. The van der Waals surface area contributed by atoms with E-state index in [1.807, 2.05) is 29.2 Å². The van der Waals surface area contributed by atoms with Crippen molar-refractivity contribution in [1.29, 1.82) is 0 Å². The highest BCUT2D eigenvalue weighted by atomic mass is 32.2. The summed E-state index contributed by atoms with van der Waals surface area (Å²) >= 11 is 1.63. The van der Waals surface area contributed by atoms with Gasteiger partial charge in [-0.3, -0.25) is 14.5 Å². The smallest absolute Gasteiger partial charge is 0.256 e. The molecule has 3 aromatic rings. The molecule has 8 heteroatoms. The van der Waals surface area contributed by atoms with Crippen LogP contribution in [0.2, 0.25) is 0 Å². The number of ether oxygens (including phenoxy) is 1. The second-order valence-corrected chi connectivity index (χ2v) is 11.7. The number of nitrogens with zero attached hydrogens (tertiary/aromatic N) is 3. The van der Waals surface area contributed by atoms with Gasteiger partial charge in [-0.1, -0.05) is 52.0 Å². The molecular formula is C30H37N3O4S. The van der Waals surface area contributed by atoms with Crippen molar-refractivity contribution in [3.63, 3.8) is 0 Å². The SMILES string of the molecule is CCCSc1ncccc1C(=O)N1CCN(Cc2cc(=O)c(OCc3ccc(C(C)(C)C)cc3)co2)CC1. The first-order valence-electron chi connectivity index (χ1n) is 13.2. The minimum absolute atomic E-state index is 0.0254. The van der Waals surface area contributed by atoms with E-state index < -0.39 is 0 Å². The Labute approximate surface area is 229 Å². The molecule has 1 amide bonds. The molecule has 0 saturated carbocycles. The van der Waals surface area contributed by atoms with Crippen molar-refractivity contribution in [2.75, 3.05) is 31.9 Å². The fraction of sp³-hybridized carbons (Fsp3) is 0.433. The number of benzene rings is 1. The lowest BCUT2D eigenvalue weighted by Gasteiger charge is -2.34. The topological polar surface area (TPSA) is 75.9 Å². The molecule has 3 heterocycles. The normalized spacial score (nSPS) is 14.5. The van der Waals surface area contributed by atoms with Crippen LogP contribution in [0.15, 0.2) is 69.2 Å². The quantitative estimate of drug-likeness (QED) is 0.341. The maximum absolute atomic E-state index is 13.1. The van der Waals surface area contributed by atoms with Crippen LogP contribution in [-0.2, 0) is 18.6 Å². The number of aromatic nitrogens is 1. The summed E-state index contributed by atoms with van der Waals surface area (Å²) in [5, 5.41) is 0.799. The standard InChI is InChI=1S/C30H37N3O4S/c1-5-17-38-28-25(7-6-12-31-28)29(35)33-15-13-32(14-16-33)19-24-18-26(34)27(21-36-24)37-20-22-8-10-23(11-9-22)30(2,3)4/h6-12,18,21H,5,13-17,19-20H2,1-4H3. The van der Waals surface area contributed by atoms with E-state index in [1.54, 1.807) is 18.0 Å². The van der Waals surface area contributed by atoms with E-state index in [0.29, 0.717) is 50.7 Å². The van der Waals surface area contributed by atoms with Crippen LogP contribution in [0.1, 0.15) is 61.4 Å². The van der Waals surface area contributed by atoms with Crippen molar-refractivity contribution in [1.82, 2.24) is 14.8 Å². The molecule has 1 saturated heterocycles. The van der Waals surface area contributed by atoms with E-state index in [-0.39, 0.29) is 22.5 Å². The number of amides is 1. The van der Waals surface area contributed by atoms with E-state index in [4.69, 9.17) is 9.15 Å². The molecule has 38 heavy (non-hydrogen) atoms. The molecule has 1 aliphatic heterocycles. The second-order valence-electron chi connectivity index (χ2n) is 10.6.